The molecule has 0 saturated heterocycles. The van der Waals surface area contributed by atoms with Gasteiger partial charge in [0.25, 0.3) is 0 Å². The second-order valence-electron chi connectivity index (χ2n) is 3.87. The topological polar surface area (TPSA) is 97.5 Å². The molecule has 0 radical (unpaired) electrons. The second-order valence-corrected chi connectivity index (χ2v) is 6.66. The van der Waals surface area contributed by atoms with Crippen molar-refractivity contribution in [3.8, 4) is 5.88 Å². The molecule has 0 saturated carbocycles. The van der Waals surface area contributed by atoms with Gasteiger partial charge < -0.3 is 15.0 Å². The van der Waals surface area contributed by atoms with Crippen LogP contribution >= 0.6 is 11.3 Å². The van der Waals surface area contributed by atoms with Crippen molar-refractivity contribution in [3.63, 3.8) is 0 Å². The highest BCUT2D eigenvalue weighted by atomic mass is 32.2. The molecule has 1 aromatic heterocycles. The van der Waals surface area contributed by atoms with E-state index in [1.807, 2.05) is 19.0 Å². The van der Waals surface area contributed by atoms with Gasteiger partial charge >= 0.3 is 0 Å². The number of nitrogens with one attached hydrogen (secondary N) is 1. The first-order valence-electron chi connectivity index (χ1n) is 5.25. The van der Waals surface area contributed by atoms with E-state index in [0.29, 0.717) is 19.0 Å². The van der Waals surface area contributed by atoms with Crippen LogP contribution < -0.4 is 20.1 Å². The zero-order valence-electron chi connectivity index (χ0n) is 10.6. The van der Waals surface area contributed by atoms with Crippen molar-refractivity contribution < 1.29 is 13.2 Å². The van der Waals surface area contributed by atoms with Gasteiger partial charge in [-0.3, -0.25) is 0 Å². The first-order chi connectivity index (χ1) is 8.33. The number of hydrogen-bond acceptors (Lipinski definition) is 7. The highest BCUT2D eigenvalue weighted by Gasteiger charge is 2.12. The number of sulfonamides is 1. The fourth-order valence-corrected chi connectivity index (χ4v) is 2.56. The van der Waals surface area contributed by atoms with Crippen LogP contribution in [-0.4, -0.2) is 46.9 Å². The average Bonchev–Trinajstić information content (AvgIpc) is 2.66. The molecule has 1 heterocycles. The van der Waals surface area contributed by atoms with Gasteiger partial charge in [-0.05, 0) is 0 Å². The molecule has 7 nitrogen and oxygen atoms in total. The summed E-state index contributed by atoms with van der Waals surface area (Å²) in [4.78, 5) is 7.11. The fourth-order valence-electron chi connectivity index (χ4n) is 1.20. The molecule has 0 aliphatic rings. The maximum Gasteiger partial charge on any atom is 0.230 e. The third kappa shape index (κ3) is 4.77. The minimum atomic E-state index is -3.42. The molecule has 0 unspecified atom stereocenters. The largest absolute Gasteiger partial charge is 0.480 e. The van der Waals surface area contributed by atoms with Gasteiger partial charge in [0.05, 0.1) is 17.7 Å². The Labute approximate surface area is 111 Å². The third-order valence-corrected chi connectivity index (χ3v) is 4.05. The Balaban J connectivity index is 2.56. The summed E-state index contributed by atoms with van der Waals surface area (Å²) in [6, 6.07) is 0. The molecule has 1 aromatic rings. The molecule has 0 atom stereocenters. The van der Waals surface area contributed by atoms with E-state index in [9.17, 15) is 8.42 Å². The Morgan fingerprint density at radius 2 is 2.17 bits per heavy atom. The monoisotopic (exact) mass is 294 g/mol. The van der Waals surface area contributed by atoms with E-state index in [1.165, 1.54) is 11.3 Å². The Morgan fingerprint density at radius 1 is 1.50 bits per heavy atom. The first-order valence-corrected chi connectivity index (χ1v) is 7.79. The first kappa shape index (κ1) is 15.2. The summed E-state index contributed by atoms with van der Waals surface area (Å²) in [6.07, 6.45) is 0. The van der Waals surface area contributed by atoms with Gasteiger partial charge in [0, 0.05) is 27.2 Å². The number of nitrogens with zero attached hydrogens (tertiary/aromatic N) is 2. The lowest BCUT2D eigenvalue weighted by Gasteiger charge is -2.05. The predicted molar refractivity (Wildman–Crippen MR) is 72.7 cm³/mol. The Bertz CT molecular complexity index is 484. The number of thiazole rings is 1. The summed E-state index contributed by atoms with van der Waals surface area (Å²) in [5.74, 6) is 0.473. The molecule has 0 spiro atoms. The van der Waals surface area contributed by atoms with Crippen molar-refractivity contribution in [2.45, 2.75) is 6.54 Å². The van der Waals surface area contributed by atoms with E-state index >= 15 is 0 Å². The predicted octanol–water partition coefficient (Wildman–Crippen LogP) is -0.404. The van der Waals surface area contributed by atoms with Crippen molar-refractivity contribution in [3.05, 3.63) is 4.88 Å². The zero-order valence-corrected chi connectivity index (χ0v) is 12.3. The van der Waals surface area contributed by atoms with E-state index < -0.39 is 10.0 Å². The smallest absolute Gasteiger partial charge is 0.230 e. The standard InChI is InChI=1S/C9H18N4O3S2/c1-13(2)9-12-8(16-3)7(17-9)6-11-4-5-18(10,14)15/h11H,4-6H2,1-3H3,(H2,10,14,15). The minimum absolute atomic E-state index is 0.0886. The van der Waals surface area contributed by atoms with Crippen molar-refractivity contribution in [2.75, 3.05) is 38.4 Å². The summed E-state index contributed by atoms with van der Waals surface area (Å²) in [7, 11) is 1.94. The lowest BCUT2D eigenvalue weighted by Crippen LogP contribution is -2.26. The highest BCUT2D eigenvalue weighted by Crippen LogP contribution is 2.29. The van der Waals surface area contributed by atoms with Crippen LogP contribution in [0, 0.1) is 0 Å². The van der Waals surface area contributed by atoms with Gasteiger partial charge in [-0.15, -0.1) is 0 Å². The van der Waals surface area contributed by atoms with Gasteiger partial charge in [0.1, 0.15) is 0 Å². The van der Waals surface area contributed by atoms with Gasteiger partial charge in [0.2, 0.25) is 15.9 Å². The molecule has 1 rings (SSSR count). The quantitative estimate of drug-likeness (QED) is 0.664. The van der Waals surface area contributed by atoms with Crippen LogP contribution in [0.25, 0.3) is 0 Å². The second kappa shape index (κ2) is 6.32. The summed E-state index contributed by atoms with van der Waals surface area (Å²) in [6.45, 7) is 0.807. The summed E-state index contributed by atoms with van der Waals surface area (Å²) >= 11 is 1.50. The number of methoxy groups -OCH3 is 1. The van der Waals surface area contributed by atoms with E-state index in [2.05, 4.69) is 10.3 Å². The number of ether oxygens (including phenoxy) is 1. The molecule has 0 aromatic carbocycles. The van der Waals surface area contributed by atoms with E-state index in [4.69, 9.17) is 9.88 Å². The number of primary sulfonamides is 1. The summed E-state index contributed by atoms with van der Waals surface area (Å²) in [5, 5.41) is 8.75. The fraction of sp³-hybridized carbons (Fsp3) is 0.667. The average molecular weight is 294 g/mol. The van der Waals surface area contributed by atoms with Crippen molar-refractivity contribution in [1.82, 2.24) is 10.3 Å². The molecule has 3 N–H and O–H groups in total. The maximum absolute atomic E-state index is 10.8. The molecule has 0 amide bonds. The van der Waals surface area contributed by atoms with Crippen LogP contribution in [0.5, 0.6) is 5.88 Å². The number of rotatable bonds is 7. The molecule has 0 aliphatic carbocycles. The highest BCUT2D eigenvalue weighted by molar-refractivity contribution is 7.89. The number of hydrogen-bond donors (Lipinski definition) is 2. The van der Waals surface area contributed by atoms with Crippen LogP contribution in [-0.2, 0) is 16.6 Å². The normalized spacial score (nSPS) is 11.6. The number of aromatic nitrogens is 1. The zero-order chi connectivity index (χ0) is 13.8. The third-order valence-electron chi connectivity index (χ3n) is 2.08. The van der Waals surface area contributed by atoms with E-state index in [0.717, 1.165) is 10.0 Å². The summed E-state index contributed by atoms with van der Waals surface area (Å²) in [5.41, 5.74) is 0. The van der Waals surface area contributed by atoms with E-state index in [1.54, 1.807) is 7.11 Å². The van der Waals surface area contributed by atoms with Crippen LogP contribution in [0.1, 0.15) is 4.88 Å². The molecule has 0 aliphatic heterocycles. The summed E-state index contributed by atoms with van der Waals surface area (Å²) < 4.78 is 26.7. The molecular formula is C9H18N4O3S2. The Morgan fingerprint density at radius 3 is 2.67 bits per heavy atom. The Kier molecular flexibility index (Phi) is 5.32. The van der Waals surface area contributed by atoms with Crippen molar-refractivity contribution in [1.29, 1.82) is 0 Å². The molecule has 9 heteroatoms. The van der Waals surface area contributed by atoms with Crippen molar-refractivity contribution >= 4 is 26.5 Å². The van der Waals surface area contributed by atoms with Gasteiger partial charge in [-0.1, -0.05) is 11.3 Å². The SMILES string of the molecule is COc1nc(N(C)C)sc1CNCCS(N)(=O)=O. The van der Waals surface area contributed by atoms with Crippen LogP contribution in [0.15, 0.2) is 0 Å². The molecule has 0 fully saturated rings. The number of nitrogens with two attached hydrogens (primary N) is 1. The van der Waals surface area contributed by atoms with Gasteiger partial charge in [0.15, 0.2) is 5.13 Å². The van der Waals surface area contributed by atoms with Crippen LogP contribution in [0.4, 0.5) is 5.13 Å². The molecule has 104 valence electrons. The van der Waals surface area contributed by atoms with Gasteiger partial charge in [-0.25, -0.2) is 13.6 Å². The lowest BCUT2D eigenvalue weighted by atomic mass is 10.5. The molecule has 18 heavy (non-hydrogen) atoms. The Hall–Kier alpha value is -0.900. The van der Waals surface area contributed by atoms with Crippen LogP contribution in [0.3, 0.4) is 0 Å². The molecular weight excluding hydrogens is 276 g/mol. The van der Waals surface area contributed by atoms with Gasteiger partial charge in [-0.2, -0.15) is 4.98 Å². The van der Waals surface area contributed by atoms with Crippen molar-refractivity contribution in [2.24, 2.45) is 5.14 Å². The number of anilines is 1. The maximum atomic E-state index is 10.8. The van der Waals surface area contributed by atoms with E-state index in [-0.39, 0.29) is 5.75 Å². The molecule has 0 bridgehead atoms. The lowest BCUT2D eigenvalue weighted by molar-refractivity contribution is 0.395. The van der Waals surface area contributed by atoms with Crippen LogP contribution in [0.2, 0.25) is 0 Å². The minimum Gasteiger partial charge on any atom is -0.480 e.